The summed E-state index contributed by atoms with van der Waals surface area (Å²) in [4.78, 5) is 10.9. The number of ether oxygens (including phenoxy) is 3. The second kappa shape index (κ2) is 9.21. The Balaban J connectivity index is 1.60. The second-order valence-corrected chi connectivity index (χ2v) is 5.86. The summed E-state index contributed by atoms with van der Waals surface area (Å²) in [5, 5.41) is 6.60. The summed E-state index contributed by atoms with van der Waals surface area (Å²) in [6.07, 6.45) is 1.53. The van der Waals surface area contributed by atoms with Gasteiger partial charge >= 0.3 is 0 Å². The fourth-order valence-electron chi connectivity index (χ4n) is 2.74. The van der Waals surface area contributed by atoms with E-state index in [9.17, 15) is 0 Å². The highest BCUT2D eigenvalue weighted by Gasteiger charge is 2.10. The van der Waals surface area contributed by atoms with Gasteiger partial charge < -0.3 is 24.8 Å². The molecule has 0 saturated carbocycles. The summed E-state index contributed by atoms with van der Waals surface area (Å²) in [5.41, 5.74) is 0.782. The van der Waals surface area contributed by atoms with Gasteiger partial charge in [-0.2, -0.15) is 0 Å². The van der Waals surface area contributed by atoms with Crippen LogP contribution in [0.2, 0.25) is 0 Å². The first-order valence-corrected chi connectivity index (χ1v) is 8.63. The van der Waals surface area contributed by atoms with Crippen LogP contribution in [0.1, 0.15) is 0 Å². The van der Waals surface area contributed by atoms with Crippen LogP contribution in [0.3, 0.4) is 0 Å². The van der Waals surface area contributed by atoms with Crippen LogP contribution in [0, 0.1) is 0 Å². The Kier molecular flexibility index (Phi) is 6.45. The Bertz CT molecular complexity index is 707. The Hall–Kier alpha value is -2.58. The van der Waals surface area contributed by atoms with E-state index in [2.05, 4.69) is 25.5 Å². The molecule has 1 aromatic heterocycles. The molecule has 140 valence electrons. The van der Waals surface area contributed by atoms with Gasteiger partial charge in [0.15, 0.2) is 0 Å². The number of anilines is 3. The summed E-state index contributed by atoms with van der Waals surface area (Å²) >= 11 is 0. The highest BCUT2D eigenvalue weighted by Crippen LogP contribution is 2.31. The lowest BCUT2D eigenvalue weighted by atomic mass is 10.2. The topological polar surface area (TPSA) is 80.8 Å². The molecule has 8 heteroatoms. The third-order valence-electron chi connectivity index (χ3n) is 4.17. The molecule has 0 unspecified atom stereocenters. The molecule has 3 rings (SSSR count). The molecule has 0 radical (unpaired) electrons. The smallest absolute Gasteiger partial charge is 0.142 e. The molecule has 1 saturated heterocycles. The second-order valence-electron chi connectivity index (χ2n) is 5.86. The molecule has 2 aromatic rings. The van der Waals surface area contributed by atoms with E-state index in [1.54, 1.807) is 14.2 Å². The van der Waals surface area contributed by atoms with Crippen LogP contribution in [-0.2, 0) is 4.74 Å². The van der Waals surface area contributed by atoms with Crippen molar-refractivity contribution in [2.24, 2.45) is 0 Å². The molecule has 0 atom stereocenters. The van der Waals surface area contributed by atoms with Gasteiger partial charge in [0.25, 0.3) is 0 Å². The first kappa shape index (κ1) is 18.2. The molecule has 1 aliphatic heterocycles. The van der Waals surface area contributed by atoms with Gasteiger partial charge in [0.2, 0.25) is 0 Å². The first-order valence-electron chi connectivity index (χ1n) is 8.63. The number of morpholine rings is 1. The van der Waals surface area contributed by atoms with E-state index in [1.165, 1.54) is 6.33 Å². The third kappa shape index (κ3) is 4.96. The largest absolute Gasteiger partial charge is 0.497 e. The molecule has 1 aromatic carbocycles. The van der Waals surface area contributed by atoms with Crippen LogP contribution in [0.4, 0.5) is 17.3 Å². The third-order valence-corrected chi connectivity index (χ3v) is 4.17. The predicted octanol–water partition coefficient (Wildman–Crippen LogP) is 1.98. The van der Waals surface area contributed by atoms with Crippen LogP contribution in [0.25, 0.3) is 0 Å². The lowest BCUT2D eigenvalue weighted by Gasteiger charge is -2.26. The van der Waals surface area contributed by atoms with Crippen LogP contribution in [0.15, 0.2) is 30.6 Å². The van der Waals surface area contributed by atoms with Crippen molar-refractivity contribution >= 4 is 17.3 Å². The summed E-state index contributed by atoms with van der Waals surface area (Å²) < 4.78 is 16.0. The molecule has 0 amide bonds. The molecule has 0 bridgehead atoms. The van der Waals surface area contributed by atoms with Gasteiger partial charge in [-0.05, 0) is 12.1 Å². The fourth-order valence-corrected chi connectivity index (χ4v) is 2.74. The number of rotatable bonds is 8. The molecule has 2 N–H and O–H groups in total. The summed E-state index contributed by atoms with van der Waals surface area (Å²) in [7, 11) is 3.26. The van der Waals surface area contributed by atoms with Gasteiger partial charge in [-0.25, -0.2) is 9.97 Å². The van der Waals surface area contributed by atoms with Crippen molar-refractivity contribution < 1.29 is 14.2 Å². The minimum absolute atomic E-state index is 0.681. The zero-order valence-corrected chi connectivity index (χ0v) is 15.2. The number of benzene rings is 1. The van der Waals surface area contributed by atoms with Gasteiger partial charge in [-0.3, -0.25) is 4.90 Å². The van der Waals surface area contributed by atoms with Crippen molar-refractivity contribution in [3.8, 4) is 11.5 Å². The number of methoxy groups -OCH3 is 2. The Morgan fingerprint density at radius 2 is 1.88 bits per heavy atom. The molecule has 8 nitrogen and oxygen atoms in total. The maximum atomic E-state index is 5.39. The van der Waals surface area contributed by atoms with E-state index in [4.69, 9.17) is 14.2 Å². The van der Waals surface area contributed by atoms with Crippen molar-refractivity contribution in [3.63, 3.8) is 0 Å². The Labute approximate surface area is 153 Å². The van der Waals surface area contributed by atoms with E-state index in [0.29, 0.717) is 11.6 Å². The van der Waals surface area contributed by atoms with Crippen LogP contribution >= 0.6 is 0 Å². The lowest BCUT2D eigenvalue weighted by Crippen LogP contribution is -2.39. The molecule has 26 heavy (non-hydrogen) atoms. The number of nitrogens with zero attached hydrogens (tertiary/aromatic N) is 3. The SMILES string of the molecule is COc1ccc(OC)c(Nc2cc(NCCN3CCOCC3)ncn2)c1. The average Bonchev–Trinajstić information content (AvgIpc) is 2.69. The van der Waals surface area contributed by atoms with Crippen molar-refractivity contribution in [3.05, 3.63) is 30.6 Å². The molecular weight excluding hydrogens is 334 g/mol. The zero-order valence-electron chi connectivity index (χ0n) is 15.2. The van der Waals surface area contributed by atoms with Crippen molar-refractivity contribution in [1.29, 1.82) is 0 Å². The normalized spacial score (nSPS) is 14.7. The van der Waals surface area contributed by atoms with Gasteiger partial charge in [0.05, 0.1) is 33.1 Å². The van der Waals surface area contributed by atoms with Crippen molar-refractivity contribution in [2.75, 3.05) is 64.2 Å². The van der Waals surface area contributed by atoms with Crippen LogP contribution in [-0.4, -0.2) is 68.5 Å². The lowest BCUT2D eigenvalue weighted by molar-refractivity contribution is 0.0398. The maximum Gasteiger partial charge on any atom is 0.142 e. The van der Waals surface area contributed by atoms with Crippen LogP contribution < -0.4 is 20.1 Å². The maximum absolute atomic E-state index is 5.39. The summed E-state index contributed by atoms with van der Waals surface area (Å²) in [5.74, 6) is 2.91. The van der Waals surface area contributed by atoms with Crippen LogP contribution in [0.5, 0.6) is 11.5 Å². The molecule has 1 fully saturated rings. The van der Waals surface area contributed by atoms with Gasteiger partial charge in [0, 0.05) is 38.3 Å². The number of hydrogen-bond acceptors (Lipinski definition) is 8. The number of hydrogen-bond donors (Lipinski definition) is 2. The zero-order chi connectivity index (χ0) is 18.2. The predicted molar refractivity (Wildman–Crippen MR) is 101 cm³/mol. The van der Waals surface area contributed by atoms with E-state index >= 15 is 0 Å². The quantitative estimate of drug-likeness (QED) is 0.741. The standard InChI is InChI=1S/C18H25N5O3/c1-24-14-3-4-16(25-2)15(11-14)22-18-12-17(20-13-21-18)19-5-6-23-7-9-26-10-8-23/h3-4,11-13H,5-10H2,1-2H3,(H2,19,20,21,22). The highest BCUT2D eigenvalue weighted by molar-refractivity contribution is 5.67. The summed E-state index contributed by atoms with van der Waals surface area (Å²) in [6.45, 7) is 5.36. The van der Waals surface area contributed by atoms with Crippen molar-refractivity contribution in [2.45, 2.75) is 0 Å². The average molecular weight is 359 g/mol. The van der Waals surface area contributed by atoms with E-state index in [1.807, 2.05) is 24.3 Å². The van der Waals surface area contributed by atoms with E-state index in [0.717, 1.165) is 56.6 Å². The van der Waals surface area contributed by atoms with Gasteiger partial charge in [-0.15, -0.1) is 0 Å². The van der Waals surface area contributed by atoms with E-state index < -0.39 is 0 Å². The fraction of sp³-hybridized carbons (Fsp3) is 0.444. The van der Waals surface area contributed by atoms with Gasteiger partial charge in [-0.1, -0.05) is 0 Å². The van der Waals surface area contributed by atoms with Gasteiger partial charge in [0.1, 0.15) is 29.5 Å². The van der Waals surface area contributed by atoms with E-state index in [-0.39, 0.29) is 0 Å². The minimum atomic E-state index is 0.681. The Morgan fingerprint density at radius 3 is 2.65 bits per heavy atom. The minimum Gasteiger partial charge on any atom is -0.497 e. The molecule has 1 aliphatic rings. The van der Waals surface area contributed by atoms with Crippen molar-refractivity contribution in [1.82, 2.24) is 14.9 Å². The monoisotopic (exact) mass is 359 g/mol. The molecule has 2 heterocycles. The summed E-state index contributed by atoms with van der Waals surface area (Å²) in [6, 6.07) is 7.44. The Morgan fingerprint density at radius 1 is 1.08 bits per heavy atom. The molecule has 0 spiro atoms. The highest BCUT2D eigenvalue weighted by atomic mass is 16.5. The number of nitrogens with one attached hydrogen (secondary N) is 2. The first-order chi connectivity index (χ1) is 12.8. The molecule has 0 aliphatic carbocycles. The number of aromatic nitrogens is 2. The molecular formula is C18H25N5O3.